The summed E-state index contributed by atoms with van der Waals surface area (Å²) in [6, 6.07) is -2.93. The lowest BCUT2D eigenvalue weighted by atomic mass is 10.0. The van der Waals surface area contributed by atoms with Gasteiger partial charge in [-0.15, -0.1) is 0 Å². The average Bonchev–Trinajstić information content (AvgIpc) is 3.16. The van der Waals surface area contributed by atoms with Crippen LogP contribution < -0.4 is 48.7 Å². The third-order valence-electron chi connectivity index (χ3n) is 9.52. The second kappa shape index (κ2) is 24.4. The number of nitrogens with two attached hydrogens (primary N) is 2. The zero-order valence-electron chi connectivity index (χ0n) is 33.5. The molecule has 0 saturated carbocycles. The molecule has 20 nitrogen and oxygen atoms in total. The van der Waals surface area contributed by atoms with Gasteiger partial charge in [0, 0.05) is 13.0 Å². The average molecular weight is 820 g/mol. The molecule has 2 rings (SSSR count). The molecule has 7 amide bonds. The van der Waals surface area contributed by atoms with E-state index in [2.05, 4.69) is 37.2 Å². The van der Waals surface area contributed by atoms with Gasteiger partial charge < -0.3 is 64.0 Å². The highest BCUT2D eigenvalue weighted by Crippen LogP contribution is 2.12. The van der Waals surface area contributed by atoms with Crippen molar-refractivity contribution in [1.82, 2.24) is 37.2 Å². The second-order valence-electron chi connectivity index (χ2n) is 14.9. The maximum Gasteiger partial charge on any atom is 0.326 e. The number of carbonyl (C=O) groups excluding carboxylic acids is 7. The molecular weight excluding hydrogens is 758 g/mol. The number of carbonyl (C=O) groups is 8. The van der Waals surface area contributed by atoms with Crippen LogP contribution in [0.4, 0.5) is 0 Å². The normalized spacial score (nSPS) is 20.9. The molecule has 8 unspecified atom stereocenters. The van der Waals surface area contributed by atoms with Crippen LogP contribution >= 0.6 is 0 Å². The largest absolute Gasteiger partial charge is 0.508 e. The number of aliphatic carboxylic acids is 1. The topological polar surface area (TPSA) is 333 Å². The van der Waals surface area contributed by atoms with Gasteiger partial charge in [-0.05, 0) is 95.4 Å². The number of phenolic OH excluding ortho intramolecular Hbond substituents is 1. The summed E-state index contributed by atoms with van der Waals surface area (Å²) in [7, 11) is 0. The summed E-state index contributed by atoms with van der Waals surface area (Å²) in [5.74, 6) is -7.08. The van der Waals surface area contributed by atoms with Crippen molar-refractivity contribution in [3.63, 3.8) is 0 Å². The van der Waals surface area contributed by atoms with E-state index in [0.717, 1.165) is 0 Å². The molecule has 58 heavy (non-hydrogen) atoms. The summed E-state index contributed by atoms with van der Waals surface area (Å²) in [6.07, 6.45) is -0.0188. The second-order valence-corrected chi connectivity index (χ2v) is 14.9. The number of aromatic hydroxyl groups is 1. The molecule has 0 radical (unpaired) electrons. The van der Waals surface area contributed by atoms with E-state index in [0.29, 0.717) is 37.8 Å². The van der Waals surface area contributed by atoms with Crippen LogP contribution in [0.15, 0.2) is 24.3 Å². The first-order valence-corrected chi connectivity index (χ1v) is 19.6. The highest BCUT2D eigenvalue weighted by molar-refractivity contribution is 5.97. The van der Waals surface area contributed by atoms with E-state index in [9.17, 15) is 53.7 Å². The minimum Gasteiger partial charge on any atom is -0.508 e. The van der Waals surface area contributed by atoms with Gasteiger partial charge in [-0.3, -0.25) is 33.6 Å². The lowest BCUT2D eigenvalue weighted by Crippen LogP contribution is -2.61. The third kappa shape index (κ3) is 16.6. The van der Waals surface area contributed by atoms with Crippen molar-refractivity contribution in [3.8, 4) is 5.75 Å². The number of hydrogen-bond acceptors (Lipinski definition) is 12. The first-order chi connectivity index (χ1) is 27.3. The van der Waals surface area contributed by atoms with Gasteiger partial charge in [0.15, 0.2) is 0 Å². The van der Waals surface area contributed by atoms with E-state index in [1.807, 2.05) is 0 Å². The number of amides is 7. The smallest absolute Gasteiger partial charge is 0.326 e. The first kappa shape index (κ1) is 48.8. The molecule has 0 bridgehead atoms. The van der Waals surface area contributed by atoms with E-state index in [-0.39, 0.29) is 44.4 Å². The minimum atomic E-state index is -1.65. The number of unbranched alkanes of at least 4 members (excludes halogenated alkanes) is 1. The molecule has 1 aliphatic rings. The van der Waals surface area contributed by atoms with Crippen LogP contribution in [0.25, 0.3) is 0 Å². The minimum absolute atomic E-state index is 0.0377. The number of benzene rings is 1. The Balaban J connectivity index is 2.28. The van der Waals surface area contributed by atoms with Crippen LogP contribution in [0, 0.1) is 5.92 Å². The molecule has 1 saturated heterocycles. The number of rotatable bonds is 17. The summed E-state index contributed by atoms with van der Waals surface area (Å²) >= 11 is 0. The van der Waals surface area contributed by atoms with Crippen molar-refractivity contribution in [3.05, 3.63) is 29.8 Å². The molecule has 20 heteroatoms. The third-order valence-corrected chi connectivity index (χ3v) is 9.52. The molecule has 1 aromatic carbocycles. The van der Waals surface area contributed by atoms with E-state index in [1.54, 1.807) is 26.0 Å². The molecule has 1 heterocycles. The Labute approximate surface area is 337 Å². The Morgan fingerprint density at radius 1 is 0.862 bits per heavy atom. The van der Waals surface area contributed by atoms with Crippen molar-refractivity contribution in [1.29, 1.82) is 0 Å². The molecular formula is C38H61N9O11. The monoisotopic (exact) mass is 819 g/mol. The first-order valence-electron chi connectivity index (χ1n) is 19.6. The van der Waals surface area contributed by atoms with Crippen molar-refractivity contribution in [2.75, 3.05) is 13.1 Å². The molecule has 324 valence electrons. The predicted octanol–water partition coefficient (Wildman–Crippen LogP) is -2.48. The predicted molar refractivity (Wildman–Crippen MR) is 210 cm³/mol. The summed E-state index contributed by atoms with van der Waals surface area (Å²) in [6.45, 7) is 6.22. The fourth-order valence-corrected chi connectivity index (χ4v) is 5.99. The number of aliphatic hydroxyl groups is 1. The number of aliphatic hydroxyl groups excluding tert-OH is 1. The molecule has 14 N–H and O–H groups in total. The van der Waals surface area contributed by atoms with Crippen molar-refractivity contribution >= 4 is 47.3 Å². The van der Waals surface area contributed by atoms with Crippen LogP contribution in [0.2, 0.25) is 0 Å². The number of hydrogen-bond donors (Lipinski definition) is 12. The van der Waals surface area contributed by atoms with Gasteiger partial charge in [-0.1, -0.05) is 26.0 Å². The van der Waals surface area contributed by atoms with Gasteiger partial charge in [0.25, 0.3) is 0 Å². The SMILES string of the molecule is CC(NC(=O)C1CCC(=O)NCCCCC(NC(=O)C(CCCCN)NC(=O)C(N)Cc2ccc(O)cc2)C(=O)NC(C(C)O)C(=O)N1)C(=O)NC(C(=O)O)C(C)C. The maximum absolute atomic E-state index is 13.8. The Morgan fingerprint density at radius 3 is 2.14 bits per heavy atom. The van der Waals surface area contributed by atoms with Gasteiger partial charge in [0.2, 0.25) is 41.4 Å². The molecule has 1 aliphatic heterocycles. The Bertz CT molecular complexity index is 1570. The maximum atomic E-state index is 13.8. The Hall–Kier alpha value is -5.34. The summed E-state index contributed by atoms with van der Waals surface area (Å²) in [4.78, 5) is 105. The molecule has 1 fully saturated rings. The van der Waals surface area contributed by atoms with Gasteiger partial charge >= 0.3 is 5.97 Å². The van der Waals surface area contributed by atoms with Crippen LogP contribution in [-0.4, -0.2) is 124 Å². The van der Waals surface area contributed by atoms with E-state index < -0.39 is 102 Å². The Kier molecular flexibility index (Phi) is 20.6. The van der Waals surface area contributed by atoms with Crippen LogP contribution in [-0.2, 0) is 44.8 Å². The number of phenols is 1. The molecule has 0 aromatic heterocycles. The van der Waals surface area contributed by atoms with Crippen LogP contribution in [0.1, 0.15) is 84.6 Å². The highest BCUT2D eigenvalue weighted by Gasteiger charge is 2.35. The van der Waals surface area contributed by atoms with Gasteiger partial charge in [0.05, 0.1) is 12.1 Å². The number of carboxylic acids is 1. The van der Waals surface area contributed by atoms with Gasteiger partial charge in [-0.25, -0.2) is 4.79 Å². The fourth-order valence-electron chi connectivity index (χ4n) is 5.99. The quantitative estimate of drug-likeness (QED) is 0.0726. The molecule has 1 aromatic rings. The van der Waals surface area contributed by atoms with E-state index >= 15 is 0 Å². The zero-order valence-corrected chi connectivity index (χ0v) is 33.5. The lowest BCUT2D eigenvalue weighted by molar-refractivity contribution is -0.143. The van der Waals surface area contributed by atoms with Crippen molar-refractivity contribution < 1.29 is 53.7 Å². The van der Waals surface area contributed by atoms with Crippen LogP contribution in [0.5, 0.6) is 5.75 Å². The van der Waals surface area contributed by atoms with Crippen LogP contribution in [0.3, 0.4) is 0 Å². The van der Waals surface area contributed by atoms with Gasteiger partial charge in [-0.2, -0.15) is 0 Å². The summed E-state index contributed by atoms with van der Waals surface area (Å²) in [5.41, 5.74) is 12.5. The lowest BCUT2D eigenvalue weighted by Gasteiger charge is -2.28. The molecule has 8 atom stereocenters. The molecule has 0 aliphatic carbocycles. The summed E-state index contributed by atoms with van der Waals surface area (Å²) in [5, 5.41) is 47.3. The summed E-state index contributed by atoms with van der Waals surface area (Å²) < 4.78 is 0. The highest BCUT2D eigenvalue weighted by atomic mass is 16.4. The molecule has 0 spiro atoms. The van der Waals surface area contributed by atoms with Crippen molar-refractivity contribution in [2.45, 2.75) is 134 Å². The zero-order chi connectivity index (χ0) is 43.5. The van der Waals surface area contributed by atoms with E-state index in [4.69, 9.17) is 11.5 Å². The standard InChI is InChI=1S/C38H61N9O11/c1-20(2)30(38(57)58)46-32(51)21(3)42-34(53)28-15-16-29(50)41-18-8-6-10-27(36(55)47-31(22(4)48)37(56)45-28)44-35(54)26(9-5-7-17-39)43-33(52)25(40)19-23-11-13-24(49)14-12-23/h11-14,20-22,25-28,30-31,48-49H,5-10,15-19,39-40H2,1-4H3,(H,41,50)(H,42,53)(H,43,52)(H,44,54)(H,45,56)(H,46,51)(H,47,55)(H,57,58). The van der Waals surface area contributed by atoms with Crippen molar-refractivity contribution in [2.24, 2.45) is 17.4 Å². The number of nitrogens with one attached hydrogen (secondary N) is 7. The van der Waals surface area contributed by atoms with Gasteiger partial charge in [0.1, 0.15) is 42.0 Å². The Morgan fingerprint density at radius 2 is 1.53 bits per heavy atom. The number of carboxylic acid groups (broad SMARTS) is 1. The van der Waals surface area contributed by atoms with E-state index in [1.165, 1.54) is 26.0 Å². The fraction of sp³-hybridized carbons (Fsp3) is 0.632.